The minimum Gasteiger partial charge on any atom is -0.457 e. The predicted molar refractivity (Wildman–Crippen MR) is 288 cm³/mol. The lowest BCUT2D eigenvalue weighted by atomic mass is 10.0. The maximum Gasteiger partial charge on any atom is 0.294 e. The van der Waals surface area contributed by atoms with Gasteiger partial charge in [0.15, 0.2) is 5.65 Å². The van der Waals surface area contributed by atoms with Gasteiger partial charge < -0.3 is 35.8 Å². The molecule has 4 aromatic carbocycles. The molecule has 4 heterocycles. The third-order valence-electron chi connectivity index (χ3n) is 11.7. The molecular weight excluding hydrogens is 941 g/mol. The Morgan fingerprint density at radius 1 is 0.836 bits per heavy atom. The van der Waals surface area contributed by atoms with Crippen molar-refractivity contribution in [3.05, 3.63) is 172 Å². The molecule has 0 unspecified atom stereocenters. The van der Waals surface area contributed by atoms with Crippen LogP contribution in [0.5, 0.6) is 11.5 Å². The molecule has 0 spiro atoms. The van der Waals surface area contributed by atoms with E-state index in [4.69, 9.17) is 29.3 Å². The van der Waals surface area contributed by atoms with Crippen molar-refractivity contribution in [1.82, 2.24) is 39.1 Å². The quantitative estimate of drug-likeness (QED) is 0.0452. The van der Waals surface area contributed by atoms with Crippen molar-refractivity contribution in [3.63, 3.8) is 0 Å². The number of hydrogen-bond donors (Lipinski definition) is 5. The Balaban J connectivity index is 0.000000221. The Kier molecular flexibility index (Phi) is 16.1. The SMILES string of the molecule is [C-]#[N+]/C(=C\c1c(-c2ccc(C)cc2)c2c(N)ncnc2n1CCCO)S(=O)(=O)NC(C)C.[C-]#[N+]/C(=C\c1cccc(-n2cc(-c3ccc(Oc4ccccc4)cc3)c3c(N)ncnc32)c1)C(=O)NC(C)(C)CC. The van der Waals surface area contributed by atoms with Crippen molar-refractivity contribution < 1.29 is 23.1 Å². The summed E-state index contributed by atoms with van der Waals surface area (Å²) >= 11 is 0. The highest BCUT2D eigenvalue weighted by molar-refractivity contribution is 7.93. The van der Waals surface area contributed by atoms with Gasteiger partial charge in [0.25, 0.3) is 16.6 Å². The van der Waals surface area contributed by atoms with Crippen molar-refractivity contribution in [2.75, 3.05) is 18.1 Å². The van der Waals surface area contributed by atoms with Crippen molar-refractivity contribution in [1.29, 1.82) is 0 Å². The average Bonchev–Trinajstić information content (AvgIpc) is 3.92. The molecule has 17 nitrogen and oxygen atoms in total. The third-order valence-corrected chi connectivity index (χ3v) is 13.3. The zero-order valence-corrected chi connectivity index (χ0v) is 42.1. The van der Waals surface area contributed by atoms with E-state index in [1.54, 1.807) is 24.5 Å². The van der Waals surface area contributed by atoms with Crippen LogP contribution < -0.4 is 26.2 Å². The summed E-state index contributed by atoms with van der Waals surface area (Å²) in [6, 6.07) is 32.3. The monoisotopic (exact) mass is 996 g/mol. The zero-order chi connectivity index (χ0) is 52.5. The summed E-state index contributed by atoms with van der Waals surface area (Å²) in [6.45, 7) is 26.6. The zero-order valence-electron chi connectivity index (χ0n) is 41.3. The number of para-hydroxylation sites is 1. The standard InChI is InChI=1S/C33H30N6O2.C22H26N6O3S/c1-5-33(2,3)38-32(40)28(35-4)19-22-10-9-11-24(18-22)39-20-27(29-30(34)36-21-37-31(29)39)23-14-16-26(17-15-23)41-25-12-7-6-8-13-25;1-14(2)27-32(30,31)18(24-4)12-17-19(16-8-6-15(3)7-9-16)20-21(23)25-13-26-22(20)28(17)10-5-11-29/h6-21H,5H2,1-3H3,(H,38,40)(H2,34,36,37);6-9,12-14,27,29H,5,10-11H2,1-3H3,(H2,23,25,26)/b28-19-;18-12+. The van der Waals surface area contributed by atoms with Crippen LogP contribution in [0.3, 0.4) is 0 Å². The summed E-state index contributed by atoms with van der Waals surface area (Å²) in [7, 11) is -4.03. The second-order valence-electron chi connectivity index (χ2n) is 17.9. The van der Waals surface area contributed by atoms with Crippen LogP contribution in [0.4, 0.5) is 11.6 Å². The average molecular weight is 997 g/mol. The largest absolute Gasteiger partial charge is 0.457 e. The lowest BCUT2D eigenvalue weighted by molar-refractivity contribution is -0.118. The van der Waals surface area contributed by atoms with Crippen molar-refractivity contribution in [2.24, 2.45) is 0 Å². The van der Waals surface area contributed by atoms with E-state index in [2.05, 4.69) is 39.7 Å². The molecule has 18 heteroatoms. The van der Waals surface area contributed by atoms with Gasteiger partial charge in [0.05, 0.1) is 23.9 Å². The van der Waals surface area contributed by atoms with Gasteiger partial charge in [-0.25, -0.2) is 42.8 Å². The molecule has 0 saturated heterocycles. The molecule has 0 bridgehead atoms. The summed E-state index contributed by atoms with van der Waals surface area (Å²) in [5.41, 5.74) is 19.6. The predicted octanol–water partition coefficient (Wildman–Crippen LogP) is 9.94. The number of nitrogens with zero attached hydrogens (tertiary/aromatic N) is 8. The van der Waals surface area contributed by atoms with Crippen LogP contribution in [-0.4, -0.2) is 66.7 Å². The van der Waals surface area contributed by atoms with E-state index in [-0.39, 0.29) is 24.2 Å². The Hall–Kier alpha value is -8.68. The van der Waals surface area contributed by atoms with Crippen LogP contribution in [0.2, 0.25) is 0 Å². The molecule has 0 aliphatic heterocycles. The first-order chi connectivity index (χ1) is 35.0. The molecule has 0 radical (unpaired) electrons. The first kappa shape index (κ1) is 52.2. The molecule has 73 heavy (non-hydrogen) atoms. The Bertz CT molecular complexity index is 3550. The van der Waals surface area contributed by atoms with Crippen LogP contribution in [-0.2, 0) is 21.4 Å². The topological polar surface area (TPSA) is 227 Å². The number of aromatic nitrogens is 6. The normalized spacial score (nSPS) is 12.0. The van der Waals surface area contributed by atoms with Gasteiger partial charge in [0.1, 0.15) is 41.4 Å². The number of carbonyl (C=O) groups excluding carboxylic acids is 1. The molecule has 4 aromatic heterocycles. The number of nitrogens with one attached hydrogen (secondary N) is 2. The summed E-state index contributed by atoms with van der Waals surface area (Å²) in [4.78, 5) is 36.8. The number of nitrogen functional groups attached to an aromatic ring is 2. The number of fused-ring (bicyclic) bond motifs is 2. The van der Waals surface area contributed by atoms with Crippen LogP contribution >= 0.6 is 0 Å². The van der Waals surface area contributed by atoms with E-state index in [1.165, 1.54) is 18.7 Å². The molecule has 372 valence electrons. The summed E-state index contributed by atoms with van der Waals surface area (Å²) in [5.74, 6) is 1.70. The number of amides is 1. The maximum atomic E-state index is 12.8. The molecular formula is C55H56N12O5S. The maximum absolute atomic E-state index is 12.8. The minimum absolute atomic E-state index is 0.0195. The first-order valence-electron chi connectivity index (χ1n) is 23.4. The molecule has 8 aromatic rings. The lowest BCUT2D eigenvalue weighted by Crippen LogP contribution is -2.43. The number of sulfonamides is 1. The fraction of sp³-hybridized carbons (Fsp3) is 0.218. The van der Waals surface area contributed by atoms with Gasteiger partial charge in [0, 0.05) is 53.4 Å². The van der Waals surface area contributed by atoms with Crippen LogP contribution in [0, 0.1) is 20.1 Å². The minimum atomic E-state index is -4.03. The highest BCUT2D eigenvalue weighted by Crippen LogP contribution is 2.39. The number of hydrogen-bond acceptors (Lipinski definition) is 11. The molecule has 0 fully saturated rings. The molecule has 0 atom stereocenters. The number of aliphatic hydroxyl groups excluding tert-OH is 1. The van der Waals surface area contributed by atoms with E-state index >= 15 is 0 Å². The van der Waals surface area contributed by atoms with Crippen LogP contribution in [0.25, 0.3) is 71.9 Å². The Morgan fingerprint density at radius 2 is 1.48 bits per heavy atom. The van der Waals surface area contributed by atoms with Gasteiger partial charge >= 0.3 is 0 Å². The number of aliphatic hydroxyl groups is 1. The van der Waals surface area contributed by atoms with Gasteiger partial charge in [-0.15, -0.1) is 0 Å². The van der Waals surface area contributed by atoms with E-state index in [1.807, 2.05) is 142 Å². The van der Waals surface area contributed by atoms with E-state index in [9.17, 15) is 18.3 Å². The highest BCUT2D eigenvalue weighted by atomic mass is 32.2. The number of carbonyl (C=O) groups is 1. The molecule has 1 amide bonds. The molecule has 0 aliphatic carbocycles. The highest BCUT2D eigenvalue weighted by Gasteiger charge is 2.26. The van der Waals surface area contributed by atoms with Gasteiger partial charge in [-0.2, -0.15) is 0 Å². The van der Waals surface area contributed by atoms with Crippen molar-refractivity contribution in [2.45, 2.75) is 72.5 Å². The lowest BCUT2D eigenvalue weighted by Gasteiger charge is -2.24. The fourth-order valence-corrected chi connectivity index (χ4v) is 8.97. The third kappa shape index (κ3) is 12.1. The van der Waals surface area contributed by atoms with Crippen molar-refractivity contribution in [3.8, 4) is 39.4 Å². The van der Waals surface area contributed by atoms with E-state index < -0.39 is 26.5 Å². The summed E-state index contributed by atoms with van der Waals surface area (Å²) in [6.07, 6.45) is 8.84. The fourth-order valence-electron chi connectivity index (χ4n) is 7.85. The molecule has 8 rings (SSSR count). The van der Waals surface area contributed by atoms with Crippen LogP contribution in [0.1, 0.15) is 64.3 Å². The van der Waals surface area contributed by atoms with E-state index in [0.717, 1.165) is 51.2 Å². The number of benzene rings is 4. The van der Waals surface area contributed by atoms with Gasteiger partial charge in [0.2, 0.25) is 10.0 Å². The summed E-state index contributed by atoms with van der Waals surface area (Å²) in [5, 5.41) is 13.2. The van der Waals surface area contributed by atoms with Gasteiger partial charge in [-0.3, -0.25) is 4.79 Å². The molecule has 7 N–H and O–H groups in total. The van der Waals surface area contributed by atoms with Crippen molar-refractivity contribution >= 4 is 61.8 Å². The smallest absolute Gasteiger partial charge is 0.294 e. The Morgan fingerprint density at radius 3 is 2.11 bits per heavy atom. The molecule has 0 aliphatic rings. The molecule has 0 saturated carbocycles. The van der Waals surface area contributed by atoms with Gasteiger partial charge in [-0.05, 0) is 113 Å². The number of anilines is 2. The number of ether oxygens (including phenoxy) is 1. The Labute approximate surface area is 424 Å². The number of rotatable bonds is 16. The summed E-state index contributed by atoms with van der Waals surface area (Å²) < 4.78 is 37.7. The van der Waals surface area contributed by atoms with Crippen LogP contribution in [0.15, 0.2) is 133 Å². The van der Waals surface area contributed by atoms with E-state index in [0.29, 0.717) is 52.3 Å². The number of aryl methyl sites for hydroxylation is 2. The number of nitrogens with two attached hydrogens (primary N) is 2. The first-order valence-corrected chi connectivity index (χ1v) is 24.8. The second kappa shape index (κ2) is 22.6. The second-order valence-corrected chi connectivity index (χ2v) is 19.6. The van der Waals surface area contributed by atoms with Gasteiger partial charge in [-0.1, -0.05) is 79.2 Å².